The van der Waals surface area contributed by atoms with Crippen LogP contribution in [0.1, 0.15) is 23.7 Å². The number of halogens is 3. The van der Waals surface area contributed by atoms with Crippen molar-refractivity contribution in [3.63, 3.8) is 0 Å². The minimum atomic E-state index is -4.38. The fraction of sp³-hybridized carbons (Fsp3) is 0.316. The summed E-state index contributed by atoms with van der Waals surface area (Å²) in [4.78, 5) is 1.96. The number of hydrazone groups is 1. The van der Waals surface area contributed by atoms with Crippen LogP contribution in [0.3, 0.4) is 0 Å². The van der Waals surface area contributed by atoms with Crippen LogP contribution in [-0.2, 0) is 6.18 Å². The molecule has 2 rings (SSSR count). The number of benzene rings is 2. The minimum absolute atomic E-state index is 0.329. The van der Waals surface area contributed by atoms with E-state index >= 15 is 0 Å². The van der Waals surface area contributed by atoms with Gasteiger partial charge in [-0.3, -0.25) is 4.90 Å². The van der Waals surface area contributed by atoms with Crippen molar-refractivity contribution < 1.29 is 17.9 Å². The zero-order valence-corrected chi connectivity index (χ0v) is 15.5. The summed E-state index contributed by atoms with van der Waals surface area (Å²) in [5.74, 6) is 11.4. The molecule has 0 aromatic heterocycles. The number of hydrazine groups is 1. The number of hydrogen-bond acceptors (Lipinski definition) is 5. The Hall–Kier alpha value is -2.78. The topological polar surface area (TPSA) is 88.9 Å². The molecule has 0 bridgehead atoms. The molecule has 1 atom stereocenters. The van der Waals surface area contributed by atoms with Crippen molar-refractivity contribution in [2.75, 3.05) is 20.1 Å². The average molecular weight is 395 g/mol. The third-order valence-corrected chi connectivity index (χ3v) is 4.15. The monoisotopic (exact) mass is 395 g/mol. The normalized spacial score (nSPS) is 13.4. The van der Waals surface area contributed by atoms with Crippen LogP contribution in [0, 0.1) is 0 Å². The second-order valence-corrected chi connectivity index (χ2v) is 6.29. The molecule has 2 aromatic rings. The van der Waals surface area contributed by atoms with Crippen LogP contribution in [0.4, 0.5) is 13.2 Å². The molecule has 0 aliphatic rings. The lowest BCUT2D eigenvalue weighted by Gasteiger charge is -2.23. The van der Waals surface area contributed by atoms with Crippen LogP contribution in [-0.4, -0.2) is 30.9 Å². The van der Waals surface area contributed by atoms with Gasteiger partial charge in [-0.25, -0.2) is 5.84 Å². The largest absolute Gasteiger partial charge is 0.486 e. The van der Waals surface area contributed by atoms with E-state index in [0.29, 0.717) is 31.1 Å². The maximum absolute atomic E-state index is 12.7. The first-order valence-electron chi connectivity index (χ1n) is 8.64. The second kappa shape index (κ2) is 9.95. The van der Waals surface area contributed by atoms with E-state index in [1.54, 1.807) is 0 Å². The van der Waals surface area contributed by atoms with Crippen molar-refractivity contribution in [2.45, 2.75) is 18.7 Å². The number of ether oxygens (including phenoxy) is 1. The molecule has 6 nitrogen and oxygen atoms in total. The molecule has 0 aliphatic heterocycles. The number of hydrogen-bond donors (Lipinski definition) is 3. The number of amidine groups is 1. The Morgan fingerprint density at radius 3 is 2.32 bits per heavy atom. The minimum Gasteiger partial charge on any atom is -0.486 e. The fourth-order valence-electron chi connectivity index (χ4n) is 2.64. The number of likely N-dealkylation sites (N-methyl/N-ethyl adjacent to an activating group) is 1. The molecule has 28 heavy (non-hydrogen) atoms. The zero-order chi connectivity index (χ0) is 20.6. The van der Waals surface area contributed by atoms with Crippen molar-refractivity contribution in [1.29, 1.82) is 0 Å². The molecule has 0 amide bonds. The molecule has 5 N–H and O–H groups in total. The Balaban J connectivity index is 2.08. The number of rotatable bonds is 8. The van der Waals surface area contributed by atoms with Gasteiger partial charge in [0.1, 0.15) is 17.7 Å². The molecule has 1 unspecified atom stereocenters. The molecule has 152 valence electrons. The standard InChI is InChI=1S/C19H24F3N5O/c1-27(13-18(25-23)26-24)12-11-17(14-5-3-2-4-6-14)28-16-9-7-15(8-10-16)19(20,21)22/h2-10,17H,11-13,23-24H2,1H3,(H,25,26). The number of alkyl halides is 3. The number of nitrogens with one attached hydrogen (secondary N) is 1. The molecule has 0 fully saturated rings. The molecule has 0 spiro atoms. The Morgan fingerprint density at radius 2 is 1.79 bits per heavy atom. The highest BCUT2D eigenvalue weighted by Gasteiger charge is 2.30. The van der Waals surface area contributed by atoms with Crippen molar-refractivity contribution in [3.8, 4) is 5.75 Å². The molecule has 0 radical (unpaired) electrons. The smallest absolute Gasteiger partial charge is 0.416 e. The van der Waals surface area contributed by atoms with E-state index in [2.05, 4.69) is 10.5 Å². The summed E-state index contributed by atoms with van der Waals surface area (Å²) in [6.45, 7) is 1.05. The van der Waals surface area contributed by atoms with Gasteiger partial charge >= 0.3 is 6.18 Å². The molecule has 9 heteroatoms. The highest BCUT2D eigenvalue weighted by atomic mass is 19.4. The van der Waals surface area contributed by atoms with Crippen LogP contribution >= 0.6 is 0 Å². The fourth-order valence-corrected chi connectivity index (χ4v) is 2.64. The molecule has 2 aromatic carbocycles. The van der Waals surface area contributed by atoms with Gasteiger partial charge in [-0.15, -0.1) is 0 Å². The number of nitrogens with two attached hydrogens (primary N) is 2. The van der Waals surface area contributed by atoms with Crippen LogP contribution in [0.25, 0.3) is 0 Å². The van der Waals surface area contributed by atoms with Gasteiger partial charge in [-0.05, 0) is 36.9 Å². The van der Waals surface area contributed by atoms with E-state index < -0.39 is 11.7 Å². The number of nitrogens with zero attached hydrogens (tertiary/aromatic N) is 2. The van der Waals surface area contributed by atoms with Gasteiger partial charge in [0, 0.05) is 13.0 Å². The summed E-state index contributed by atoms with van der Waals surface area (Å²) in [7, 11) is 1.88. The van der Waals surface area contributed by atoms with Crippen LogP contribution < -0.4 is 21.8 Å². The maximum Gasteiger partial charge on any atom is 0.416 e. The molecule has 0 heterocycles. The summed E-state index contributed by atoms with van der Waals surface area (Å²) in [5, 5.41) is 3.54. The second-order valence-electron chi connectivity index (χ2n) is 6.29. The predicted molar refractivity (Wildman–Crippen MR) is 102 cm³/mol. The molecule has 0 saturated heterocycles. The van der Waals surface area contributed by atoms with E-state index in [4.69, 9.17) is 16.4 Å². The van der Waals surface area contributed by atoms with Crippen LogP contribution in [0.15, 0.2) is 59.7 Å². The van der Waals surface area contributed by atoms with Gasteiger partial charge in [-0.1, -0.05) is 30.3 Å². The van der Waals surface area contributed by atoms with Gasteiger partial charge in [-0.2, -0.15) is 18.3 Å². The Bertz CT molecular complexity index is 750. The summed E-state index contributed by atoms with van der Waals surface area (Å²) in [5.41, 5.74) is 2.64. The van der Waals surface area contributed by atoms with E-state index in [-0.39, 0.29) is 6.10 Å². The predicted octanol–water partition coefficient (Wildman–Crippen LogP) is 2.88. The summed E-state index contributed by atoms with van der Waals surface area (Å²) in [6.07, 6.45) is -4.10. The molecular formula is C19H24F3N5O. The first-order valence-corrected chi connectivity index (χ1v) is 8.64. The summed E-state index contributed by atoms with van der Waals surface area (Å²) >= 11 is 0. The van der Waals surface area contributed by atoms with Gasteiger partial charge in [0.2, 0.25) is 0 Å². The quantitative estimate of drug-likeness (QED) is 0.277. The van der Waals surface area contributed by atoms with E-state index in [1.165, 1.54) is 12.1 Å². The van der Waals surface area contributed by atoms with Crippen molar-refractivity contribution in [1.82, 2.24) is 10.3 Å². The SMILES string of the molecule is CN(CCC(Oc1ccc(C(F)(F)F)cc1)c1ccccc1)C/C(=N/N)NN. The van der Waals surface area contributed by atoms with Crippen molar-refractivity contribution >= 4 is 5.84 Å². The van der Waals surface area contributed by atoms with Gasteiger partial charge in [0.25, 0.3) is 0 Å². The van der Waals surface area contributed by atoms with Crippen LogP contribution in [0.5, 0.6) is 5.75 Å². The third-order valence-electron chi connectivity index (χ3n) is 4.15. The lowest BCUT2D eigenvalue weighted by Crippen LogP contribution is -2.40. The van der Waals surface area contributed by atoms with E-state index in [1.807, 2.05) is 42.3 Å². The Kier molecular flexibility index (Phi) is 7.65. The van der Waals surface area contributed by atoms with Gasteiger partial charge < -0.3 is 16.0 Å². The lowest BCUT2D eigenvalue weighted by molar-refractivity contribution is -0.137. The molecular weight excluding hydrogens is 371 g/mol. The summed E-state index contributed by atoms with van der Waals surface area (Å²) in [6, 6.07) is 14.2. The van der Waals surface area contributed by atoms with Gasteiger partial charge in [0.15, 0.2) is 0 Å². The summed E-state index contributed by atoms with van der Waals surface area (Å²) < 4.78 is 44.2. The van der Waals surface area contributed by atoms with E-state index in [0.717, 1.165) is 17.7 Å². The Morgan fingerprint density at radius 1 is 1.14 bits per heavy atom. The average Bonchev–Trinajstić information content (AvgIpc) is 2.69. The lowest BCUT2D eigenvalue weighted by atomic mass is 10.1. The Labute approximate surface area is 161 Å². The molecule has 0 aliphatic carbocycles. The van der Waals surface area contributed by atoms with Gasteiger partial charge in [0.05, 0.1) is 12.1 Å². The van der Waals surface area contributed by atoms with Crippen molar-refractivity contribution in [2.24, 2.45) is 16.8 Å². The highest BCUT2D eigenvalue weighted by Crippen LogP contribution is 2.32. The van der Waals surface area contributed by atoms with E-state index in [9.17, 15) is 13.2 Å². The molecule has 0 saturated carbocycles. The maximum atomic E-state index is 12.7. The highest BCUT2D eigenvalue weighted by molar-refractivity contribution is 5.83. The zero-order valence-electron chi connectivity index (χ0n) is 15.5. The van der Waals surface area contributed by atoms with Crippen molar-refractivity contribution in [3.05, 3.63) is 65.7 Å². The first-order chi connectivity index (χ1) is 13.3. The first kappa shape index (κ1) is 21.5. The third kappa shape index (κ3) is 6.43. The van der Waals surface area contributed by atoms with Crippen LogP contribution in [0.2, 0.25) is 0 Å².